The Bertz CT molecular complexity index is 499. The zero-order chi connectivity index (χ0) is 18.8. The molecule has 5 heteroatoms. The summed E-state index contributed by atoms with van der Waals surface area (Å²) in [5, 5.41) is 9.17. The van der Waals surface area contributed by atoms with E-state index in [0.29, 0.717) is 5.76 Å². The number of unbranched alkanes of at least 4 members (excludes halogenated alkanes) is 3. The predicted octanol–water partition coefficient (Wildman–Crippen LogP) is 5.82. The van der Waals surface area contributed by atoms with Crippen molar-refractivity contribution in [2.75, 3.05) is 24.6 Å². The fourth-order valence-electron chi connectivity index (χ4n) is 3.54. The maximum absolute atomic E-state index is 12.9. The zero-order valence-corrected chi connectivity index (χ0v) is 17.4. The number of rotatable bonds is 13. The van der Waals surface area contributed by atoms with E-state index in [2.05, 4.69) is 27.7 Å². The first kappa shape index (κ1) is 22.2. The third kappa shape index (κ3) is 5.82. The monoisotopic (exact) mass is 372 g/mol. The number of aliphatic hydroxyl groups excluding tert-OH is 1. The predicted molar refractivity (Wildman–Crippen MR) is 107 cm³/mol. The second-order valence-corrected chi connectivity index (χ2v) is 13.1. The van der Waals surface area contributed by atoms with Gasteiger partial charge in [0, 0.05) is 0 Å². The molecule has 0 amide bonds. The van der Waals surface area contributed by atoms with Crippen LogP contribution in [-0.4, -0.2) is 35.7 Å². The van der Waals surface area contributed by atoms with Crippen LogP contribution in [0.3, 0.4) is 0 Å². The van der Waals surface area contributed by atoms with Crippen molar-refractivity contribution >= 4 is 12.8 Å². The minimum absolute atomic E-state index is 0.202. The van der Waals surface area contributed by atoms with E-state index in [1.807, 2.05) is 0 Å². The summed E-state index contributed by atoms with van der Waals surface area (Å²) >= 11 is 0. The molecule has 0 fully saturated rings. The standard InChI is InChI=1S/C20H37O4P/c1-5-9-14-25(8-4,15-10-6-2,16-11-7-3)24-20(22)19-13-12-18(17-21)23-19/h12-13,21H,5-11,14-17H2,1-4H3. The molecule has 25 heavy (non-hydrogen) atoms. The average molecular weight is 372 g/mol. The van der Waals surface area contributed by atoms with Crippen LogP contribution in [-0.2, 0) is 11.1 Å². The number of furan rings is 1. The normalized spacial score (nSPS) is 13.4. The molecular weight excluding hydrogens is 335 g/mol. The van der Waals surface area contributed by atoms with Gasteiger partial charge in [-0.3, -0.25) is 0 Å². The zero-order valence-electron chi connectivity index (χ0n) is 16.6. The molecule has 0 atom stereocenters. The number of carbonyl (C=O) groups is 1. The van der Waals surface area contributed by atoms with Gasteiger partial charge in [0.1, 0.15) is 0 Å². The Morgan fingerprint density at radius 1 is 1.00 bits per heavy atom. The SMILES string of the molecule is CCCCP(CC)(CCCC)(CCCC)OC(=O)c1ccc(CO)o1. The summed E-state index contributed by atoms with van der Waals surface area (Å²) in [5.74, 6) is 0.276. The van der Waals surface area contributed by atoms with Gasteiger partial charge >= 0.3 is 153 Å². The van der Waals surface area contributed by atoms with Gasteiger partial charge in [-0.15, -0.1) is 0 Å². The Hall–Kier alpha value is -0.860. The van der Waals surface area contributed by atoms with E-state index in [0.717, 1.165) is 63.2 Å². The molecule has 0 aromatic carbocycles. The molecule has 0 spiro atoms. The van der Waals surface area contributed by atoms with Crippen LogP contribution in [0.4, 0.5) is 0 Å². The summed E-state index contributed by atoms with van der Waals surface area (Å²) in [7, 11) is 0. The number of hydrogen-bond donors (Lipinski definition) is 1. The van der Waals surface area contributed by atoms with Gasteiger partial charge in [0.15, 0.2) is 0 Å². The van der Waals surface area contributed by atoms with Crippen LogP contribution >= 0.6 is 6.83 Å². The van der Waals surface area contributed by atoms with Crippen LogP contribution in [0.25, 0.3) is 0 Å². The Labute approximate surface area is 153 Å². The second-order valence-electron chi connectivity index (χ2n) is 7.21. The van der Waals surface area contributed by atoms with Crippen molar-refractivity contribution in [3.05, 3.63) is 23.7 Å². The molecule has 0 aliphatic carbocycles. The van der Waals surface area contributed by atoms with Gasteiger partial charge in [0.25, 0.3) is 0 Å². The van der Waals surface area contributed by atoms with Crippen LogP contribution in [0.2, 0.25) is 0 Å². The quantitative estimate of drug-likeness (QED) is 0.443. The molecule has 0 bridgehead atoms. The third-order valence-electron chi connectivity index (χ3n) is 5.39. The molecule has 0 aliphatic rings. The molecule has 4 nitrogen and oxygen atoms in total. The molecule has 1 aromatic rings. The Kier molecular flexibility index (Phi) is 9.16. The van der Waals surface area contributed by atoms with E-state index in [1.54, 1.807) is 12.1 Å². The van der Waals surface area contributed by atoms with Crippen molar-refractivity contribution in [3.8, 4) is 0 Å². The maximum atomic E-state index is 12.9. The molecule has 1 rings (SSSR count). The summed E-state index contributed by atoms with van der Waals surface area (Å²) in [6.45, 7) is 6.00. The van der Waals surface area contributed by atoms with E-state index >= 15 is 0 Å². The average Bonchev–Trinajstić information content (AvgIpc) is 3.13. The van der Waals surface area contributed by atoms with Gasteiger partial charge < -0.3 is 0 Å². The van der Waals surface area contributed by atoms with Crippen molar-refractivity contribution in [2.24, 2.45) is 0 Å². The molecule has 146 valence electrons. The first-order valence-corrected chi connectivity index (χ1v) is 12.8. The van der Waals surface area contributed by atoms with E-state index in [4.69, 9.17) is 8.94 Å². The molecule has 1 N–H and O–H groups in total. The van der Waals surface area contributed by atoms with Crippen molar-refractivity contribution < 1.29 is 18.8 Å². The third-order valence-corrected chi connectivity index (χ3v) is 12.0. The molecular formula is C20H37O4P. The first-order valence-electron chi connectivity index (χ1n) is 9.92. The first-order chi connectivity index (χ1) is 12.0. The minimum atomic E-state index is -2.59. The van der Waals surface area contributed by atoms with Gasteiger partial charge in [0.2, 0.25) is 0 Å². The van der Waals surface area contributed by atoms with Crippen molar-refractivity contribution in [3.63, 3.8) is 0 Å². The molecule has 0 saturated carbocycles. The van der Waals surface area contributed by atoms with Crippen LogP contribution in [0.5, 0.6) is 0 Å². The summed E-state index contributed by atoms with van der Waals surface area (Å²) in [6.07, 6.45) is 10.7. The van der Waals surface area contributed by atoms with E-state index in [1.165, 1.54) is 0 Å². The van der Waals surface area contributed by atoms with Crippen LogP contribution < -0.4 is 0 Å². The summed E-state index contributed by atoms with van der Waals surface area (Å²) in [4.78, 5) is 12.9. The molecule has 0 aliphatic heterocycles. The van der Waals surface area contributed by atoms with Crippen LogP contribution in [0.15, 0.2) is 16.5 Å². The fraction of sp³-hybridized carbons (Fsp3) is 0.750. The van der Waals surface area contributed by atoms with Gasteiger partial charge in [-0.1, -0.05) is 0 Å². The number of carbonyl (C=O) groups excluding carboxylic acids is 1. The van der Waals surface area contributed by atoms with Crippen LogP contribution in [0.1, 0.15) is 82.5 Å². The molecule has 0 saturated heterocycles. The number of hydrogen-bond acceptors (Lipinski definition) is 4. The van der Waals surface area contributed by atoms with Gasteiger partial charge in [-0.05, 0) is 0 Å². The summed E-state index contributed by atoms with van der Waals surface area (Å²) < 4.78 is 11.9. The Morgan fingerprint density at radius 2 is 1.52 bits per heavy atom. The van der Waals surface area contributed by atoms with Gasteiger partial charge in [0.05, 0.1) is 0 Å². The molecule has 1 heterocycles. The topological polar surface area (TPSA) is 59.7 Å². The van der Waals surface area contributed by atoms with Crippen LogP contribution in [0, 0.1) is 0 Å². The fourth-order valence-corrected chi connectivity index (χ4v) is 9.47. The molecule has 1 aromatic heterocycles. The van der Waals surface area contributed by atoms with E-state index in [9.17, 15) is 9.90 Å². The van der Waals surface area contributed by atoms with E-state index < -0.39 is 6.83 Å². The van der Waals surface area contributed by atoms with Crippen molar-refractivity contribution in [2.45, 2.75) is 72.8 Å². The molecule has 0 unspecified atom stereocenters. The van der Waals surface area contributed by atoms with Crippen molar-refractivity contribution in [1.82, 2.24) is 0 Å². The summed E-state index contributed by atoms with van der Waals surface area (Å²) in [6, 6.07) is 3.26. The summed E-state index contributed by atoms with van der Waals surface area (Å²) in [5.41, 5.74) is 0. The van der Waals surface area contributed by atoms with E-state index in [-0.39, 0.29) is 18.3 Å². The Morgan fingerprint density at radius 3 is 1.88 bits per heavy atom. The number of aliphatic hydroxyl groups is 1. The van der Waals surface area contributed by atoms with Gasteiger partial charge in [-0.2, -0.15) is 0 Å². The Balaban J connectivity index is 3.17. The van der Waals surface area contributed by atoms with Crippen molar-refractivity contribution in [1.29, 1.82) is 0 Å². The second kappa shape index (κ2) is 10.3. The van der Waals surface area contributed by atoms with Gasteiger partial charge in [-0.25, -0.2) is 0 Å². The molecule has 0 radical (unpaired) electrons.